The van der Waals surface area contributed by atoms with Crippen LogP contribution < -0.4 is 0 Å². The van der Waals surface area contributed by atoms with Gasteiger partial charge < -0.3 is 4.52 Å². The second-order valence-electron chi connectivity index (χ2n) is 7.66. The van der Waals surface area contributed by atoms with Gasteiger partial charge in [-0.15, -0.1) is 11.3 Å². The molecular weight excluding hydrogens is 410 g/mol. The molecule has 0 aliphatic rings. The molecule has 0 unspecified atom stereocenters. The van der Waals surface area contributed by atoms with Crippen LogP contribution in [0.25, 0.3) is 54.0 Å². The van der Waals surface area contributed by atoms with E-state index in [0.29, 0.717) is 0 Å². The summed E-state index contributed by atoms with van der Waals surface area (Å²) >= 11 is 1.80. The average molecular weight is 430 g/mol. The van der Waals surface area contributed by atoms with Gasteiger partial charge in [0.1, 0.15) is 12.0 Å². The number of benzene rings is 4. The Bertz CT molecular complexity index is 1510. The van der Waals surface area contributed by atoms with E-state index in [1.165, 1.54) is 37.2 Å². The molecular formula is C29H19NOS. The second-order valence-corrected chi connectivity index (χ2v) is 8.68. The molecule has 0 bridgehead atoms. The van der Waals surface area contributed by atoms with Gasteiger partial charge in [0.25, 0.3) is 0 Å². The van der Waals surface area contributed by atoms with Crippen molar-refractivity contribution in [2.24, 2.45) is 0 Å². The molecule has 0 atom stereocenters. The number of rotatable bonds is 4. The number of hydrogen-bond donors (Lipinski definition) is 0. The second kappa shape index (κ2) is 7.95. The summed E-state index contributed by atoms with van der Waals surface area (Å²) in [6.45, 7) is 0. The summed E-state index contributed by atoms with van der Waals surface area (Å²) in [4.78, 5) is 2.44. The third-order valence-electron chi connectivity index (χ3n) is 5.74. The molecule has 0 aliphatic carbocycles. The van der Waals surface area contributed by atoms with Crippen molar-refractivity contribution in [3.63, 3.8) is 0 Å². The number of thiophene rings is 1. The number of fused-ring (bicyclic) bond motifs is 1. The molecule has 2 nitrogen and oxygen atoms in total. The van der Waals surface area contributed by atoms with Crippen LogP contribution >= 0.6 is 11.3 Å². The molecule has 0 radical (unpaired) electrons. The van der Waals surface area contributed by atoms with Crippen LogP contribution in [-0.4, -0.2) is 5.16 Å². The van der Waals surface area contributed by atoms with Crippen molar-refractivity contribution >= 4 is 22.1 Å². The highest BCUT2D eigenvalue weighted by Gasteiger charge is 2.21. The average Bonchev–Trinajstić information content (AvgIpc) is 3.50. The van der Waals surface area contributed by atoms with Gasteiger partial charge in [-0.05, 0) is 11.1 Å². The summed E-state index contributed by atoms with van der Waals surface area (Å²) in [6, 6.07) is 38.1. The van der Waals surface area contributed by atoms with E-state index in [0.717, 1.165) is 16.8 Å². The fraction of sp³-hybridized carbons (Fsp3) is 0. The van der Waals surface area contributed by atoms with Crippen molar-refractivity contribution in [1.82, 2.24) is 5.16 Å². The van der Waals surface area contributed by atoms with Gasteiger partial charge >= 0.3 is 0 Å². The summed E-state index contributed by atoms with van der Waals surface area (Å²) < 4.78 is 5.47. The highest BCUT2D eigenvalue weighted by atomic mass is 32.1. The van der Waals surface area contributed by atoms with E-state index in [1.807, 2.05) is 18.2 Å². The van der Waals surface area contributed by atoms with E-state index in [1.54, 1.807) is 17.6 Å². The monoisotopic (exact) mass is 429 g/mol. The molecule has 2 aromatic heterocycles. The van der Waals surface area contributed by atoms with Crippen molar-refractivity contribution in [2.45, 2.75) is 0 Å². The van der Waals surface area contributed by atoms with Crippen LogP contribution in [0.1, 0.15) is 0 Å². The first-order valence-electron chi connectivity index (χ1n) is 10.6. The molecule has 0 saturated heterocycles. The predicted molar refractivity (Wildman–Crippen MR) is 134 cm³/mol. The molecule has 0 saturated carbocycles. The Kier molecular flexibility index (Phi) is 4.67. The lowest BCUT2D eigenvalue weighted by molar-refractivity contribution is 0.422. The molecule has 2 heterocycles. The maximum Gasteiger partial charge on any atom is 0.133 e. The first kappa shape index (κ1) is 18.8. The van der Waals surface area contributed by atoms with Crippen LogP contribution in [0, 0.1) is 0 Å². The van der Waals surface area contributed by atoms with Gasteiger partial charge in [-0.2, -0.15) is 0 Å². The molecule has 0 spiro atoms. The predicted octanol–water partition coefficient (Wildman–Crippen LogP) is 8.56. The first-order valence-corrected chi connectivity index (χ1v) is 11.4. The number of aromatic nitrogens is 1. The van der Waals surface area contributed by atoms with Gasteiger partial charge in [-0.25, -0.2) is 0 Å². The molecule has 0 N–H and O–H groups in total. The quantitative estimate of drug-likeness (QED) is 0.280. The fourth-order valence-electron chi connectivity index (χ4n) is 4.24. The molecule has 4 aromatic carbocycles. The molecule has 3 heteroatoms. The van der Waals surface area contributed by atoms with Crippen LogP contribution in [-0.2, 0) is 0 Å². The van der Waals surface area contributed by atoms with E-state index in [2.05, 4.69) is 96.2 Å². The zero-order valence-electron chi connectivity index (χ0n) is 17.2. The van der Waals surface area contributed by atoms with E-state index in [-0.39, 0.29) is 0 Å². The Morgan fingerprint density at radius 2 is 1.03 bits per heavy atom. The Labute approximate surface area is 190 Å². The lowest BCUT2D eigenvalue weighted by Crippen LogP contribution is -1.82. The fourth-order valence-corrected chi connectivity index (χ4v) is 5.57. The Balaban J connectivity index is 1.60. The number of hydrogen-bond acceptors (Lipinski definition) is 3. The molecule has 6 rings (SSSR count). The molecule has 0 fully saturated rings. The SMILES string of the molecule is c1ccc(-c2ccccc2-c2sc(-c3conc3-c3ccccc3)c3ccccc23)cc1. The van der Waals surface area contributed by atoms with Gasteiger partial charge in [-0.1, -0.05) is 114 Å². The van der Waals surface area contributed by atoms with Gasteiger partial charge in [-0.3, -0.25) is 0 Å². The van der Waals surface area contributed by atoms with E-state index in [9.17, 15) is 0 Å². The minimum Gasteiger partial charge on any atom is -0.363 e. The molecule has 152 valence electrons. The van der Waals surface area contributed by atoms with Crippen molar-refractivity contribution in [3.8, 4) is 43.3 Å². The van der Waals surface area contributed by atoms with Crippen molar-refractivity contribution in [1.29, 1.82) is 0 Å². The van der Waals surface area contributed by atoms with Gasteiger partial charge in [0, 0.05) is 31.7 Å². The standard InChI is InChI=1S/C29H19NOS/c1-3-11-20(12-4-1)22-15-7-8-16-23(22)28-24-17-9-10-18-25(24)29(32-28)26-19-31-30-27(26)21-13-5-2-6-14-21/h1-19H. The molecule has 0 aliphatic heterocycles. The summed E-state index contributed by atoms with van der Waals surface area (Å²) in [7, 11) is 0. The van der Waals surface area contributed by atoms with E-state index >= 15 is 0 Å². The highest BCUT2D eigenvalue weighted by molar-refractivity contribution is 7.21. The third kappa shape index (κ3) is 3.15. The van der Waals surface area contributed by atoms with Crippen LogP contribution in [0.4, 0.5) is 0 Å². The van der Waals surface area contributed by atoms with Crippen molar-refractivity contribution < 1.29 is 4.52 Å². The summed E-state index contributed by atoms with van der Waals surface area (Å²) in [5.41, 5.74) is 6.66. The Hall–Kier alpha value is -3.95. The minimum absolute atomic E-state index is 0.875. The van der Waals surface area contributed by atoms with E-state index < -0.39 is 0 Å². The Morgan fingerprint density at radius 1 is 0.500 bits per heavy atom. The Morgan fingerprint density at radius 3 is 1.72 bits per heavy atom. The minimum atomic E-state index is 0.875. The van der Waals surface area contributed by atoms with E-state index in [4.69, 9.17) is 4.52 Å². The topological polar surface area (TPSA) is 26.0 Å². The van der Waals surface area contributed by atoms with Gasteiger partial charge in [0.15, 0.2) is 0 Å². The first-order chi connectivity index (χ1) is 15.9. The smallest absolute Gasteiger partial charge is 0.133 e. The van der Waals surface area contributed by atoms with Crippen molar-refractivity contribution in [3.05, 3.63) is 115 Å². The lowest BCUT2D eigenvalue weighted by Gasteiger charge is -2.09. The zero-order chi connectivity index (χ0) is 21.3. The molecule has 0 amide bonds. The van der Waals surface area contributed by atoms with Crippen LogP contribution in [0.3, 0.4) is 0 Å². The lowest BCUT2D eigenvalue weighted by atomic mass is 9.96. The maximum atomic E-state index is 5.47. The molecule has 32 heavy (non-hydrogen) atoms. The van der Waals surface area contributed by atoms with Crippen LogP contribution in [0.15, 0.2) is 120 Å². The van der Waals surface area contributed by atoms with Crippen LogP contribution in [0.2, 0.25) is 0 Å². The largest absolute Gasteiger partial charge is 0.363 e. The third-order valence-corrected chi connectivity index (χ3v) is 7.03. The summed E-state index contributed by atoms with van der Waals surface area (Å²) in [5.74, 6) is 0. The van der Waals surface area contributed by atoms with Gasteiger partial charge in [0.05, 0.1) is 5.56 Å². The highest BCUT2D eigenvalue weighted by Crippen LogP contribution is 2.48. The number of nitrogens with zero attached hydrogens (tertiary/aromatic N) is 1. The van der Waals surface area contributed by atoms with Gasteiger partial charge in [0.2, 0.25) is 0 Å². The van der Waals surface area contributed by atoms with Crippen LogP contribution in [0.5, 0.6) is 0 Å². The van der Waals surface area contributed by atoms with Crippen molar-refractivity contribution in [2.75, 3.05) is 0 Å². The summed E-state index contributed by atoms with van der Waals surface area (Å²) in [5, 5.41) is 6.81. The summed E-state index contributed by atoms with van der Waals surface area (Å²) in [6.07, 6.45) is 1.77. The molecule has 6 aromatic rings. The normalized spacial score (nSPS) is 11.1. The maximum absolute atomic E-state index is 5.47. The zero-order valence-corrected chi connectivity index (χ0v) is 18.0.